The monoisotopic (exact) mass is 251 g/mol. The van der Waals surface area contributed by atoms with Gasteiger partial charge in [-0.05, 0) is 31.0 Å². The summed E-state index contributed by atoms with van der Waals surface area (Å²) >= 11 is 0. The first-order valence-corrected chi connectivity index (χ1v) is 4.60. The molecule has 90 valence electrons. The Balaban J connectivity index is 0.00000128. The topological polar surface area (TPSA) is 44.5 Å². The number of ether oxygens (including phenoxy) is 2. The van der Waals surface area contributed by atoms with E-state index in [0.717, 1.165) is 5.56 Å². The van der Waals surface area contributed by atoms with Gasteiger partial charge in [-0.3, -0.25) is 0 Å². The van der Waals surface area contributed by atoms with E-state index in [1.165, 1.54) is 12.1 Å². The minimum atomic E-state index is -3.55. The third-order valence-corrected chi connectivity index (χ3v) is 2.02. The second-order valence-electron chi connectivity index (χ2n) is 3.63. The molecule has 1 aliphatic rings. The molecule has 2 rings (SSSR count). The average molecular weight is 252 g/mol. The summed E-state index contributed by atoms with van der Waals surface area (Å²) < 4.78 is 33.9. The zero-order valence-electron chi connectivity index (χ0n) is 8.57. The molecule has 6 heteroatoms. The normalized spacial score (nSPS) is 17.8. The summed E-state index contributed by atoms with van der Waals surface area (Å²) in [6.45, 7) is 1.85. The van der Waals surface area contributed by atoms with Crippen molar-refractivity contribution >= 4 is 12.4 Å². The van der Waals surface area contributed by atoms with Gasteiger partial charge >= 0.3 is 6.29 Å². The van der Waals surface area contributed by atoms with Crippen LogP contribution in [0.3, 0.4) is 0 Å². The number of nitrogens with two attached hydrogens (primary N) is 1. The van der Waals surface area contributed by atoms with Gasteiger partial charge < -0.3 is 15.2 Å². The lowest BCUT2D eigenvalue weighted by Gasteiger charge is -2.05. The van der Waals surface area contributed by atoms with Gasteiger partial charge in [-0.15, -0.1) is 21.2 Å². The van der Waals surface area contributed by atoms with Gasteiger partial charge in [0.2, 0.25) is 0 Å². The van der Waals surface area contributed by atoms with E-state index in [-0.39, 0.29) is 29.9 Å². The average Bonchev–Trinajstić information content (AvgIpc) is 2.36. The van der Waals surface area contributed by atoms with Gasteiger partial charge in [0.25, 0.3) is 0 Å². The quantitative estimate of drug-likeness (QED) is 0.877. The molecule has 0 aromatic heterocycles. The minimum absolute atomic E-state index is 0. The summed E-state index contributed by atoms with van der Waals surface area (Å²) in [5, 5.41) is 0. The van der Waals surface area contributed by atoms with Gasteiger partial charge in [0.1, 0.15) is 0 Å². The second-order valence-corrected chi connectivity index (χ2v) is 3.63. The summed E-state index contributed by atoms with van der Waals surface area (Å²) in [5.41, 5.74) is 6.45. The van der Waals surface area contributed by atoms with Crippen molar-refractivity contribution < 1.29 is 18.3 Å². The van der Waals surface area contributed by atoms with Crippen molar-refractivity contribution in [3.63, 3.8) is 0 Å². The van der Waals surface area contributed by atoms with Gasteiger partial charge in [-0.2, -0.15) is 0 Å². The molecule has 0 saturated heterocycles. The molecule has 1 heterocycles. The second kappa shape index (κ2) is 4.43. The first kappa shape index (κ1) is 13.0. The first-order chi connectivity index (χ1) is 6.96. The van der Waals surface area contributed by atoms with Gasteiger partial charge in [0.05, 0.1) is 0 Å². The number of benzene rings is 1. The Kier molecular flexibility index (Phi) is 3.60. The highest BCUT2D eigenvalue weighted by Gasteiger charge is 2.43. The number of hydrogen-bond acceptors (Lipinski definition) is 3. The van der Waals surface area contributed by atoms with Crippen molar-refractivity contribution in [2.24, 2.45) is 5.73 Å². The van der Waals surface area contributed by atoms with Crippen LogP contribution in [0.25, 0.3) is 0 Å². The summed E-state index contributed by atoms with van der Waals surface area (Å²) in [6, 6.07) is 4.67. The van der Waals surface area contributed by atoms with E-state index in [0.29, 0.717) is 6.42 Å². The van der Waals surface area contributed by atoms with E-state index in [1.807, 2.05) is 6.92 Å². The van der Waals surface area contributed by atoms with Crippen LogP contribution in [0.2, 0.25) is 0 Å². The fourth-order valence-corrected chi connectivity index (χ4v) is 1.49. The lowest BCUT2D eigenvalue weighted by molar-refractivity contribution is -0.286. The predicted molar refractivity (Wildman–Crippen MR) is 57.2 cm³/mol. The molecular formula is C10H12ClF2NO2. The Bertz CT molecular complexity index is 385. The van der Waals surface area contributed by atoms with Crippen LogP contribution in [-0.2, 0) is 6.42 Å². The molecule has 0 amide bonds. The highest BCUT2D eigenvalue weighted by Crippen LogP contribution is 2.41. The third kappa shape index (κ3) is 2.74. The molecule has 1 aliphatic heterocycles. The molecule has 16 heavy (non-hydrogen) atoms. The molecule has 0 aliphatic carbocycles. The standard InChI is InChI=1S/C10H11F2NO2.ClH/c1-6(13)4-7-2-3-8-9(5-7)15-10(11,12)14-8;/h2-3,5-6H,4,13H2,1H3;1H. The van der Waals surface area contributed by atoms with Crippen LogP contribution < -0.4 is 15.2 Å². The maximum atomic E-state index is 12.7. The number of rotatable bonds is 2. The van der Waals surface area contributed by atoms with E-state index in [9.17, 15) is 8.78 Å². The predicted octanol–water partition coefficient (Wildman–Crippen LogP) is 2.32. The summed E-state index contributed by atoms with van der Waals surface area (Å²) in [4.78, 5) is 0. The van der Waals surface area contributed by atoms with Crippen LogP contribution in [0.1, 0.15) is 12.5 Å². The summed E-state index contributed by atoms with van der Waals surface area (Å²) in [6.07, 6.45) is -2.93. The van der Waals surface area contributed by atoms with Crippen molar-refractivity contribution in [1.82, 2.24) is 0 Å². The molecule has 1 atom stereocenters. The van der Waals surface area contributed by atoms with E-state index >= 15 is 0 Å². The number of alkyl halides is 2. The van der Waals surface area contributed by atoms with E-state index in [2.05, 4.69) is 9.47 Å². The Labute approximate surface area is 97.9 Å². The van der Waals surface area contributed by atoms with Crippen molar-refractivity contribution in [1.29, 1.82) is 0 Å². The first-order valence-electron chi connectivity index (χ1n) is 4.60. The molecule has 1 aromatic carbocycles. The third-order valence-electron chi connectivity index (χ3n) is 2.02. The van der Waals surface area contributed by atoms with E-state index in [4.69, 9.17) is 5.73 Å². The van der Waals surface area contributed by atoms with Crippen LogP contribution in [0, 0.1) is 0 Å². The Morgan fingerprint density at radius 2 is 1.94 bits per heavy atom. The van der Waals surface area contributed by atoms with E-state index in [1.54, 1.807) is 6.07 Å². The zero-order chi connectivity index (χ0) is 11.1. The molecule has 3 nitrogen and oxygen atoms in total. The number of fused-ring (bicyclic) bond motifs is 1. The van der Waals surface area contributed by atoms with Crippen molar-refractivity contribution in [3.05, 3.63) is 23.8 Å². The van der Waals surface area contributed by atoms with Crippen molar-refractivity contribution in [3.8, 4) is 11.5 Å². The highest BCUT2D eigenvalue weighted by molar-refractivity contribution is 5.85. The zero-order valence-corrected chi connectivity index (χ0v) is 9.39. The highest BCUT2D eigenvalue weighted by atomic mass is 35.5. The molecule has 0 radical (unpaired) electrons. The lowest BCUT2D eigenvalue weighted by Crippen LogP contribution is -2.25. The fourth-order valence-electron chi connectivity index (χ4n) is 1.49. The molecule has 0 spiro atoms. The smallest absolute Gasteiger partial charge is 0.395 e. The molecular weight excluding hydrogens is 240 g/mol. The molecule has 0 fully saturated rings. The van der Waals surface area contributed by atoms with Crippen molar-refractivity contribution in [2.45, 2.75) is 25.7 Å². The summed E-state index contributed by atoms with van der Waals surface area (Å²) in [7, 11) is 0. The van der Waals surface area contributed by atoms with Gasteiger partial charge in [-0.1, -0.05) is 6.07 Å². The van der Waals surface area contributed by atoms with Gasteiger partial charge in [-0.25, -0.2) is 0 Å². The maximum Gasteiger partial charge on any atom is 0.586 e. The fraction of sp³-hybridized carbons (Fsp3) is 0.400. The van der Waals surface area contributed by atoms with Crippen LogP contribution in [0.5, 0.6) is 11.5 Å². The van der Waals surface area contributed by atoms with E-state index < -0.39 is 6.29 Å². The maximum absolute atomic E-state index is 12.7. The molecule has 0 bridgehead atoms. The number of halogens is 3. The molecule has 0 saturated carbocycles. The molecule has 2 N–H and O–H groups in total. The minimum Gasteiger partial charge on any atom is -0.395 e. The van der Waals surface area contributed by atoms with Gasteiger partial charge in [0.15, 0.2) is 11.5 Å². The molecule has 1 aromatic rings. The van der Waals surface area contributed by atoms with Gasteiger partial charge in [0, 0.05) is 6.04 Å². The Morgan fingerprint density at radius 3 is 2.56 bits per heavy atom. The largest absolute Gasteiger partial charge is 0.586 e. The SMILES string of the molecule is CC(N)Cc1ccc2c(c1)OC(F)(F)O2.Cl. The van der Waals surface area contributed by atoms with Crippen LogP contribution in [0.4, 0.5) is 8.78 Å². The van der Waals surface area contributed by atoms with Crippen LogP contribution >= 0.6 is 12.4 Å². The van der Waals surface area contributed by atoms with Crippen molar-refractivity contribution in [2.75, 3.05) is 0 Å². The molecule has 1 unspecified atom stereocenters. The Morgan fingerprint density at radius 1 is 1.31 bits per heavy atom. The number of hydrogen-bond donors (Lipinski definition) is 1. The lowest BCUT2D eigenvalue weighted by atomic mass is 10.1. The Hall–Kier alpha value is -1.07. The van der Waals surface area contributed by atoms with Crippen LogP contribution in [-0.4, -0.2) is 12.3 Å². The van der Waals surface area contributed by atoms with Crippen LogP contribution in [0.15, 0.2) is 18.2 Å². The summed E-state index contributed by atoms with van der Waals surface area (Å²) in [5.74, 6) is 0.131.